The molecule has 0 amide bonds. The first-order valence-corrected chi connectivity index (χ1v) is 7.08. The van der Waals surface area contributed by atoms with E-state index in [9.17, 15) is 4.79 Å². The van der Waals surface area contributed by atoms with Crippen LogP contribution in [-0.2, 0) is 22.6 Å². The molecule has 0 saturated heterocycles. The van der Waals surface area contributed by atoms with Gasteiger partial charge in [-0.15, -0.1) is 0 Å². The van der Waals surface area contributed by atoms with Crippen LogP contribution in [0.5, 0.6) is 0 Å². The largest absolute Gasteiger partial charge is 0.459 e. The fourth-order valence-corrected chi connectivity index (χ4v) is 1.96. The molecule has 0 spiro atoms. The van der Waals surface area contributed by atoms with Crippen molar-refractivity contribution >= 4 is 11.7 Å². The molecule has 5 heteroatoms. The molecule has 0 fully saturated rings. The van der Waals surface area contributed by atoms with Crippen molar-refractivity contribution in [2.45, 2.75) is 39.3 Å². The van der Waals surface area contributed by atoms with Gasteiger partial charge >= 0.3 is 5.97 Å². The van der Waals surface area contributed by atoms with Gasteiger partial charge in [0.15, 0.2) is 0 Å². The standard InChI is InChI=1S/C16H21N3O2/c1-12(2)19-9-8-15(18-19)11-21-16(20)7-6-13-4-3-5-14(17)10-13/h3-5,8-10,12H,6-7,11,17H2,1-2H3. The summed E-state index contributed by atoms with van der Waals surface area (Å²) in [6, 6.07) is 9.70. The lowest BCUT2D eigenvalue weighted by Crippen LogP contribution is -2.07. The van der Waals surface area contributed by atoms with E-state index in [-0.39, 0.29) is 12.6 Å². The molecule has 21 heavy (non-hydrogen) atoms. The van der Waals surface area contributed by atoms with E-state index in [2.05, 4.69) is 5.10 Å². The molecular formula is C16H21N3O2. The number of carbonyl (C=O) groups excluding carboxylic acids is 1. The Kier molecular flexibility index (Phi) is 4.98. The maximum Gasteiger partial charge on any atom is 0.306 e. The summed E-state index contributed by atoms with van der Waals surface area (Å²) in [5.74, 6) is -0.225. The monoisotopic (exact) mass is 287 g/mol. The molecule has 0 unspecified atom stereocenters. The molecule has 2 N–H and O–H groups in total. The predicted molar refractivity (Wildman–Crippen MR) is 81.6 cm³/mol. The van der Waals surface area contributed by atoms with E-state index in [1.807, 2.05) is 55.1 Å². The van der Waals surface area contributed by atoms with Crippen molar-refractivity contribution in [3.8, 4) is 0 Å². The van der Waals surface area contributed by atoms with Gasteiger partial charge in [0.2, 0.25) is 0 Å². The van der Waals surface area contributed by atoms with Crippen molar-refractivity contribution in [1.29, 1.82) is 0 Å². The Morgan fingerprint density at radius 1 is 1.38 bits per heavy atom. The molecule has 0 radical (unpaired) electrons. The van der Waals surface area contributed by atoms with Gasteiger partial charge in [-0.2, -0.15) is 5.10 Å². The lowest BCUT2D eigenvalue weighted by molar-refractivity contribution is -0.145. The summed E-state index contributed by atoms with van der Waals surface area (Å²) in [5.41, 5.74) is 8.21. The minimum Gasteiger partial charge on any atom is -0.459 e. The van der Waals surface area contributed by atoms with Gasteiger partial charge in [-0.25, -0.2) is 0 Å². The number of rotatable bonds is 6. The maximum atomic E-state index is 11.7. The van der Waals surface area contributed by atoms with Crippen LogP contribution in [0.4, 0.5) is 5.69 Å². The summed E-state index contributed by atoms with van der Waals surface area (Å²) in [5, 5.41) is 4.33. The molecule has 1 aromatic heterocycles. The summed E-state index contributed by atoms with van der Waals surface area (Å²) in [6.07, 6.45) is 2.86. The highest BCUT2D eigenvalue weighted by Gasteiger charge is 2.07. The highest BCUT2D eigenvalue weighted by molar-refractivity contribution is 5.69. The van der Waals surface area contributed by atoms with E-state index >= 15 is 0 Å². The highest BCUT2D eigenvalue weighted by atomic mass is 16.5. The molecule has 1 aromatic carbocycles. The number of hydrogen-bond donors (Lipinski definition) is 1. The highest BCUT2D eigenvalue weighted by Crippen LogP contribution is 2.10. The van der Waals surface area contributed by atoms with Gasteiger partial charge in [0.1, 0.15) is 6.61 Å². The number of aryl methyl sites for hydroxylation is 1. The van der Waals surface area contributed by atoms with Gasteiger partial charge in [0.25, 0.3) is 0 Å². The molecule has 0 aliphatic rings. The zero-order valence-electron chi connectivity index (χ0n) is 12.5. The van der Waals surface area contributed by atoms with E-state index in [0.717, 1.165) is 11.3 Å². The van der Waals surface area contributed by atoms with Crippen molar-refractivity contribution in [2.24, 2.45) is 0 Å². The first kappa shape index (κ1) is 15.1. The molecule has 112 valence electrons. The van der Waals surface area contributed by atoms with Crippen LogP contribution in [0.2, 0.25) is 0 Å². The maximum absolute atomic E-state index is 11.7. The average Bonchev–Trinajstić information content (AvgIpc) is 2.92. The van der Waals surface area contributed by atoms with E-state index in [4.69, 9.17) is 10.5 Å². The number of nitrogen functional groups attached to an aromatic ring is 1. The molecule has 5 nitrogen and oxygen atoms in total. The quantitative estimate of drug-likeness (QED) is 0.655. The summed E-state index contributed by atoms with van der Waals surface area (Å²) >= 11 is 0. The first-order valence-electron chi connectivity index (χ1n) is 7.08. The summed E-state index contributed by atoms with van der Waals surface area (Å²) in [4.78, 5) is 11.7. The van der Waals surface area contributed by atoms with Crippen molar-refractivity contribution in [3.63, 3.8) is 0 Å². The fourth-order valence-electron chi connectivity index (χ4n) is 1.96. The van der Waals surface area contributed by atoms with Crippen molar-refractivity contribution in [3.05, 3.63) is 47.8 Å². The Morgan fingerprint density at radius 3 is 2.86 bits per heavy atom. The third-order valence-corrected chi connectivity index (χ3v) is 3.14. The Morgan fingerprint density at radius 2 is 2.19 bits per heavy atom. The van der Waals surface area contributed by atoms with Crippen LogP contribution in [0, 0.1) is 0 Å². The molecule has 2 rings (SSSR count). The van der Waals surface area contributed by atoms with Crippen LogP contribution < -0.4 is 5.73 Å². The Labute approximate surface area is 124 Å². The number of ether oxygens (including phenoxy) is 1. The number of aromatic nitrogens is 2. The molecule has 2 aromatic rings. The Balaban J connectivity index is 1.76. The number of anilines is 1. The molecule has 1 heterocycles. The minimum atomic E-state index is -0.225. The minimum absolute atomic E-state index is 0.218. The second-order valence-corrected chi connectivity index (χ2v) is 5.29. The van der Waals surface area contributed by atoms with Crippen LogP contribution in [0.3, 0.4) is 0 Å². The lowest BCUT2D eigenvalue weighted by Gasteiger charge is -2.05. The van der Waals surface area contributed by atoms with Crippen molar-refractivity contribution in [1.82, 2.24) is 9.78 Å². The normalized spacial score (nSPS) is 10.8. The third kappa shape index (κ3) is 4.63. The topological polar surface area (TPSA) is 70.1 Å². The number of hydrogen-bond acceptors (Lipinski definition) is 4. The summed E-state index contributed by atoms with van der Waals surface area (Å²) in [7, 11) is 0. The number of nitrogens with two attached hydrogens (primary N) is 1. The SMILES string of the molecule is CC(C)n1ccc(COC(=O)CCc2cccc(N)c2)n1. The van der Waals surface area contributed by atoms with Crippen molar-refractivity contribution < 1.29 is 9.53 Å². The Hall–Kier alpha value is -2.30. The molecule has 0 bridgehead atoms. The smallest absolute Gasteiger partial charge is 0.306 e. The lowest BCUT2D eigenvalue weighted by atomic mass is 10.1. The van der Waals surface area contributed by atoms with Crippen LogP contribution >= 0.6 is 0 Å². The van der Waals surface area contributed by atoms with E-state index < -0.39 is 0 Å². The van der Waals surface area contributed by atoms with Gasteiger partial charge in [-0.1, -0.05) is 12.1 Å². The molecule has 0 atom stereocenters. The predicted octanol–water partition coefficient (Wildman–Crippen LogP) is 2.72. The average molecular weight is 287 g/mol. The summed E-state index contributed by atoms with van der Waals surface area (Å²) in [6.45, 7) is 4.32. The number of carbonyl (C=O) groups is 1. The molecule has 0 aliphatic heterocycles. The van der Waals surface area contributed by atoms with Gasteiger partial charge in [0.05, 0.1) is 5.69 Å². The zero-order valence-corrected chi connectivity index (χ0v) is 12.5. The second-order valence-electron chi connectivity index (χ2n) is 5.29. The van der Waals surface area contributed by atoms with Crippen LogP contribution in [0.15, 0.2) is 36.5 Å². The van der Waals surface area contributed by atoms with E-state index in [1.165, 1.54) is 0 Å². The first-order chi connectivity index (χ1) is 10.0. The zero-order chi connectivity index (χ0) is 15.2. The van der Waals surface area contributed by atoms with Crippen molar-refractivity contribution in [2.75, 3.05) is 5.73 Å². The number of esters is 1. The van der Waals surface area contributed by atoms with E-state index in [0.29, 0.717) is 24.6 Å². The van der Waals surface area contributed by atoms with Gasteiger partial charge in [0, 0.05) is 24.3 Å². The van der Waals surface area contributed by atoms with Gasteiger partial charge < -0.3 is 10.5 Å². The molecule has 0 aliphatic carbocycles. The fraction of sp³-hybridized carbons (Fsp3) is 0.375. The van der Waals surface area contributed by atoms with Crippen LogP contribution in [0.25, 0.3) is 0 Å². The van der Waals surface area contributed by atoms with E-state index in [1.54, 1.807) is 0 Å². The number of nitrogens with zero attached hydrogens (tertiary/aromatic N) is 2. The number of benzene rings is 1. The Bertz CT molecular complexity index is 605. The summed E-state index contributed by atoms with van der Waals surface area (Å²) < 4.78 is 7.07. The molecular weight excluding hydrogens is 266 g/mol. The third-order valence-electron chi connectivity index (χ3n) is 3.14. The second kappa shape index (κ2) is 6.92. The van der Waals surface area contributed by atoms with Gasteiger partial charge in [-0.3, -0.25) is 9.48 Å². The van der Waals surface area contributed by atoms with Crippen LogP contribution in [-0.4, -0.2) is 15.7 Å². The van der Waals surface area contributed by atoms with Gasteiger partial charge in [-0.05, 0) is 44.0 Å². The molecule has 0 saturated carbocycles. The van der Waals surface area contributed by atoms with Crippen LogP contribution in [0.1, 0.15) is 37.6 Å².